The lowest BCUT2D eigenvalue weighted by Crippen LogP contribution is -2.29. The molecule has 0 bridgehead atoms. The van der Waals surface area contributed by atoms with E-state index >= 15 is 0 Å². The van der Waals surface area contributed by atoms with Crippen molar-refractivity contribution in [1.29, 1.82) is 0 Å². The van der Waals surface area contributed by atoms with E-state index in [-0.39, 0.29) is 17.9 Å². The zero-order valence-corrected chi connectivity index (χ0v) is 12.3. The van der Waals surface area contributed by atoms with E-state index in [9.17, 15) is 4.79 Å². The number of benzene rings is 1. The fraction of sp³-hybridized carbons (Fsp3) is 0.562. The molecule has 19 heavy (non-hydrogen) atoms. The van der Waals surface area contributed by atoms with Crippen molar-refractivity contribution in [2.75, 3.05) is 0 Å². The largest absolute Gasteiger partial charge is 0.352 e. The number of hydrogen-bond donors (Lipinski definition) is 2. The first-order valence-electron chi connectivity index (χ1n) is 7.08. The molecule has 1 amide bonds. The monoisotopic (exact) mass is 262 g/mol. The quantitative estimate of drug-likeness (QED) is 0.794. The second kappa shape index (κ2) is 7.95. The molecule has 3 N–H and O–H groups in total. The van der Waals surface area contributed by atoms with E-state index in [1.54, 1.807) is 0 Å². The standard InChI is InChI=1S/C16H26N2O/c1-12-7-4-5-10-15(12)11-18-16(19)13(2)8-6-9-14(3)17/h4-5,7,10,13-14H,6,8-9,11,17H2,1-3H3,(H,18,19). The lowest BCUT2D eigenvalue weighted by Gasteiger charge is -2.13. The Hall–Kier alpha value is -1.35. The fourth-order valence-electron chi connectivity index (χ4n) is 2.04. The second-order valence-corrected chi connectivity index (χ2v) is 5.45. The zero-order chi connectivity index (χ0) is 14.3. The third-order valence-electron chi connectivity index (χ3n) is 3.46. The van der Waals surface area contributed by atoms with Crippen LogP contribution in [0.3, 0.4) is 0 Å². The second-order valence-electron chi connectivity index (χ2n) is 5.45. The smallest absolute Gasteiger partial charge is 0.223 e. The summed E-state index contributed by atoms with van der Waals surface area (Å²) >= 11 is 0. The average Bonchev–Trinajstić information content (AvgIpc) is 2.36. The van der Waals surface area contributed by atoms with Crippen LogP contribution in [0.5, 0.6) is 0 Å². The maximum absolute atomic E-state index is 12.0. The van der Waals surface area contributed by atoms with E-state index in [1.807, 2.05) is 26.0 Å². The summed E-state index contributed by atoms with van der Waals surface area (Å²) in [6, 6.07) is 8.35. The first-order chi connectivity index (χ1) is 9.00. The van der Waals surface area contributed by atoms with Gasteiger partial charge in [0.2, 0.25) is 5.91 Å². The normalized spacial score (nSPS) is 13.9. The van der Waals surface area contributed by atoms with Crippen LogP contribution in [0.4, 0.5) is 0 Å². The highest BCUT2D eigenvalue weighted by molar-refractivity contribution is 5.78. The summed E-state index contributed by atoms with van der Waals surface area (Å²) in [4.78, 5) is 12.0. The molecule has 1 aromatic carbocycles. The van der Waals surface area contributed by atoms with E-state index in [1.165, 1.54) is 11.1 Å². The molecule has 3 nitrogen and oxygen atoms in total. The van der Waals surface area contributed by atoms with Gasteiger partial charge >= 0.3 is 0 Å². The Morgan fingerprint density at radius 2 is 1.95 bits per heavy atom. The SMILES string of the molecule is Cc1ccccc1CNC(=O)C(C)CCCC(C)N. The molecule has 1 aromatic rings. The molecule has 0 aromatic heterocycles. The van der Waals surface area contributed by atoms with Crippen molar-refractivity contribution in [2.24, 2.45) is 11.7 Å². The highest BCUT2D eigenvalue weighted by Crippen LogP contribution is 2.10. The van der Waals surface area contributed by atoms with Gasteiger partial charge in [0.05, 0.1) is 0 Å². The summed E-state index contributed by atoms with van der Waals surface area (Å²) in [6.07, 6.45) is 2.90. The van der Waals surface area contributed by atoms with Crippen molar-refractivity contribution < 1.29 is 4.79 Å². The lowest BCUT2D eigenvalue weighted by atomic mass is 10.0. The average molecular weight is 262 g/mol. The number of carbonyl (C=O) groups is 1. The van der Waals surface area contributed by atoms with Gasteiger partial charge in [0, 0.05) is 18.5 Å². The van der Waals surface area contributed by atoms with E-state index in [2.05, 4.69) is 24.4 Å². The highest BCUT2D eigenvalue weighted by atomic mass is 16.1. The molecule has 0 fully saturated rings. The van der Waals surface area contributed by atoms with Gasteiger partial charge in [0.15, 0.2) is 0 Å². The van der Waals surface area contributed by atoms with Gasteiger partial charge in [-0.05, 0) is 37.8 Å². The minimum Gasteiger partial charge on any atom is -0.352 e. The molecule has 0 aliphatic heterocycles. The molecule has 2 unspecified atom stereocenters. The third kappa shape index (κ3) is 5.88. The maximum atomic E-state index is 12.0. The molecule has 2 atom stereocenters. The molecule has 0 aliphatic rings. The maximum Gasteiger partial charge on any atom is 0.223 e. The van der Waals surface area contributed by atoms with Crippen molar-refractivity contribution >= 4 is 5.91 Å². The Kier molecular flexibility index (Phi) is 6.57. The van der Waals surface area contributed by atoms with Gasteiger partial charge < -0.3 is 11.1 Å². The van der Waals surface area contributed by atoms with Crippen molar-refractivity contribution in [3.8, 4) is 0 Å². The molecule has 0 saturated carbocycles. The van der Waals surface area contributed by atoms with Crippen molar-refractivity contribution in [1.82, 2.24) is 5.32 Å². The van der Waals surface area contributed by atoms with Gasteiger partial charge in [0.25, 0.3) is 0 Å². The topological polar surface area (TPSA) is 55.1 Å². The number of amides is 1. The Bertz CT molecular complexity index is 401. The zero-order valence-electron chi connectivity index (χ0n) is 12.3. The summed E-state index contributed by atoms with van der Waals surface area (Å²) in [5.41, 5.74) is 8.10. The van der Waals surface area contributed by atoms with Crippen LogP contribution in [0.15, 0.2) is 24.3 Å². The van der Waals surface area contributed by atoms with Gasteiger partial charge in [-0.2, -0.15) is 0 Å². The number of nitrogens with two attached hydrogens (primary N) is 1. The van der Waals surface area contributed by atoms with Crippen molar-refractivity contribution in [2.45, 2.75) is 52.6 Å². The van der Waals surface area contributed by atoms with Crippen LogP contribution in [0.2, 0.25) is 0 Å². The van der Waals surface area contributed by atoms with Crippen LogP contribution in [-0.4, -0.2) is 11.9 Å². The predicted octanol–water partition coefficient (Wildman–Crippen LogP) is 2.76. The van der Waals surface area contributed by atoms with Crippen LogP contribution in [0, 0.1) is 12.8 Å². The number of aryl methyl sites for hydroxylation is 1. The Morgan fingerprint density at radius 1 is 1.26 bits per heavy atom. The third-order valence-corrected chi connectivity index (χ3v) is 3.46. The molecule has 0 saturated heterocycles. The van der Waals surface area contributed by atoms with E-state index in [4.69, 9.17) is 5.73 Å². The Morgan fingerprint density at radius 3 is 2.58 bits per heavy atom. The van der Waals surface area contributed by atoms with Gasteiger partial charge in [0.1, 0.15) is 0 Å². The molecule has 106 valence electrons. The van der Waals surface area contributed by atoms with Gasteiger partial charge in [-0.1, -0.05) is 37.6 Å². The first kappa shape index (κ1) is 15.7. The molecule has 0 radical (unpaired) electrons. The van der Waals surface area contributed by atoms with Gasteiger partial charge in [-0.15, -0.1) is 0 Å². The van der Waals surface area contributed by atoms with Gasteiger partial charge in [-0.3, -0.25) is 4.79 Å². The molecular formula is C16H26N2O. The summed E-state index contributed by atoms with van der Waals surface area (Å²) in [6.45, 7) is 6.66. The van der Waals surface area contributed by atoms with Crippen LogP contribution >= 0.6 is 0 Å². The van der Waals surface area contributed by atoms with Crippen LogP contribution in [0.25, 0.3) is 0 Å². The van der Waals surface area contributed by atoms with Crippen LogP contribution in [-0.2, 0) is 11.3 Å². The minimum absolute atomic E-state index is 0.0581. The van der Waals surface area contributed by atoms with E-state index in [0.717, 1.165) is 19.3 Å². The molecule has 0 heterocycles. The Labute approximate surface area is 116 Å². The summed E-state index contributed by atoms with van der Waals surface area (Å²) in [5.74, 6) is 0.190. The molecule has 3 heteroatoms. The first-order valence-corrected chi connectivity index (χ1v) is 7.08. The number of rotatable bonds is 7. The van der Waals surface area contributed by atoms with Crippen LogP contribution < -0.4 is 11.1 Å². The van der Waals surface area contributed by atoms with Gasteiger partial charge in [-0.25, -0.2) is 0 Å². The van der Waals surface area contributed by atoms with E-state index in [0.29, 0.717) is 6.54 Å². The number of carbonyl (C=O) groups excluding carboxylic acids is 1. The van der Waals surface area contributed by atoms with Crippen LogP contribution in [0.1, 0.15) is 44.2 Å². The number of hydrogen-bond acceptors (Lipinski definition) is 2. The highest BCUT2D eigenvalue weighted by Gasteiger charge is 2.12. The summed E-state index contributed by atoms with van der Waals surface area (Å²) < 4.78 is 0. The molecule has 0 spiro atoms. The Balaban J connectivity index is 2.32. The fourth-order valence-corrected chi connectivity index (χ4v) is 2.04. The van der Waals surface area contributed by atoms with Crippen molar-refractivity contribution in [3.05, 3.63) is 35.4 Å². The summed E-state index contributed by atoms with van der Waals surface area (Å²) in [7, 11) is 0. The molecular weight excluding hydrogens is 236 g/mol. The predicted molar refractivity (Wildman–Crippen MR) is 79.7 cm³/mol. The van der Waals surface area contributed by atoms with Crippen molar-refractivity contribution in [3.63, 3.8) is 0 Å². The van der Waals surface area contributed by atoms with E-state index < -0.39 is 0 Å². The molecule has 0 aliphatic carbocycles. The summed E-state index contributed by atoms with van der Waals surface area (Å²) in [5, 5.41) is 3.01. The molecule has 1 rings (SSSR count). The lowest BCUT2D eigenvalue weighted by molar-refractivity contribution is -0.124. The number of nitrogens with one attached hydrogen (secondary N) is 1. The minimum atomic E-state index is 0.0581.